The van der Waals surface area contributed by atoms with Crippen LogP contribution in [0.3, 0.4) is 0 Å². The van der Waals surface area contributed by atoms with Crippen LogP contribution in [0.4, 0.5) is 0 Å². The van der Waals surface area contributed by atoms with Crippen LogP contribution in [0.5, 0.6) is 11.5 Å². The summed E-state index contributed by atoms with van der Waals surface area (Å²) in [5.41, 5.74) is 4.99. The second-order valence-corrected chi connectivity index (χ2v) is 7.77. The predicted octanol–water partition coefficient (Wildman–Crippen LogP) is 4.03. The average molecular weight is 397 g/mol. The van der Waals surface area contributed by atoms with Crippen molar-refractivity contribution < 1.29 is 14.3 Å². The van der Waals surface area contributed by atoms with Crippen molar-refractivity contribution in [2.75, 3.05) is 20.8 Å². The van der Waals surface area contributed by atoms with E-state index in [0.717, 1.165) is 31.0 Å². The third-order valence-electron chi connectivity index (χ3n) is 5.72. The molecule has 29 heavy (non-hydrogen) atoms. The van der Waals surface area contributed by atoms with Crippen LogP contribution in [0, 0.1) is 6.92 Å². The topological polar surface area (TPSA) is 50.8 Å². The highest BCUT2D eigenvalue weighted by molar-refractivity contribution is 5.76. The number of amides is 1. The normalized spacial score (nSPS) is 17.3. The minimum atomic E-state index is -0.0231. The maximum absolute atomic E-state index is 12.1. The van der Waals surface area contributed by atoms with Gasteiger partial charge >= 0.3 is 0 Å². The van der Waals surface area contributed by atoms with Gasteiger partial charge in [0, 0.05) is 25.6 Å². The molecule has 0 fully saturated rings. The molecule has 0 spiro atoms. The van der Waals surface area contributed by atoms with E-state index in [0.29, 0.717) is 6.42 Å². The van der Waals surface area contributed by atoms with E-state index in [9.17, 15) is 4.79 Å². The second kappa shape index (κ2) is 9.31. The Balaban J connectivity index is 1.98. The van der Waals surface area contributed by atoms with E-state index in [1.807, 2.05) is 6.92 Å². The fraction of sp³-hybridized carbons (Fsp3) is 0.458. The Hall–Kier alpha value is -2.53. The predicted molar refractivity (Wildman–Crippen MR) is 115 cm³/mol. The van der Waals surface area contributed by atoms with Crippen LogP contribution in [0.25, 0.3) is 0 Å². The van der Waals surface area contributed by atoms with Crippen LogP contribution in [-0.2, 0) is 17.8 Å². The van der Waals surface area contributed by atoms with Crippen LogP contribution < -0.4 is 14.8 Å². The molecule has 0 unspecified atom stereocenters. The first-order valence-electron chi connectivity index (χ1n) is 10.3. The number of carbonyl (C=O) groups excluding carboxylic acids is 1. The van der Waals surface area contributed by atoms with Gasteiger partial charge in [-0.05, 0) is 49.1 Å². The summed E-state index contributed by atoms with van der Waals surface area (Å²) in [5, 5.41) is 3.18. The summed E-state index contributed by atoms with van der Waals surface area (Å²) in [4.78, 5) is 14.6. The Morgan fingerprint density at radius 1 is 1.17 bits per heavy atom. The van der Waals surface area contributed by atoms with E-state index in [1.165, 1.54) is 22.3 Å². The van der Waals surface area contributed by atoms with Crippen molar-refractivity contribution in [2.24, 2.45) is 0 Å². The molecule has 0 saturated carbocycles. The van der Waals surface area contributed by atoms with Gasteiger partial charge in [-0.1, -0.05) is 36.8 Å². The van der Waals surface area contributed by atoms with Gasteiger partial charge < -0.3 is 14.8 Å². The van der Waals surface area contributed by atoms with Gasteiger partial charge in [-0.2, -0.15) is 0 Å². The molecular formula is C24H32N2O3. The highest BCUT2D eigenvalue weighted by atomic mass is 16.5. The monoisotopic (exact) mass is 396 g/mol. The quantitative estimate of drug-likeness (QED) is 0.768. The third kappa shape index (κ3) is 4.73. The van der Waals surface area contributed by atoms with Gasteiger partial charge in [0.25, 0.3) is 0 Å². The zero-order valence-corrected chi connectivity index (χ0v) is 18.1. The summed E-state index contributed by atoms with van der Waals surface area (Å²) in [5.74, 6) is 1.55. The van der Waals surface area contributed by atoms with Gasteiger partial charge in [0.05, 0.1) is 20.3 Å². The Morgan fingerprint density at radius 2 is 1.83 bits per heavy atom. The molecule has 0 aromatic heterocycles. The summed E-state index contributed by atoms with van der Waals surface area (Å²) >= 11 is 0. The van der Waals surface area contributed by atoms with Crippen LogP contribution >= 0.6 is 0 Å². The Bertz CT molecular complexity index is 848. The number of aryl methyl sites for hydroxylation is 1. The summed E-state index contributed by atoms with van der Waals surface area (Å²) in [6, 6.07) is 12.9. The molecule has 0 radical (unpaired) electrons. The van der Waals surface area contributed by atoms with Gasteiger partial charge in [-0.3, -0.25) is 9.69 Å². The zero-order chi connectivity index (χ0) is 21.0. The number of fused-ring (bicyclic) bond motifs is 1. The summed E-state index contributed by atoms with van der Waals surface area (Å²) in [7, 11) is 3.33. The molecule has 1 amide bonds. The van der Waals surface area contributed by atoms with E-state index in [1.54, 1.807) is 14.2 Å². The molecule has 156 valence electrons. The molecule has 5 nitrogen and oxygen atoms in total. The maximum Gasteiger partial charge on any atom is 0.219 e. The van der Waals surface area contributed by atoms with Gasteiger partial charge in [-0.15, -0.1) is 0 Å². The fourth-order valence-electron chi connectivity index (χ4n) is 4.15. The number of ether oxygens (including phenoxy) is 2. The minimum absolute atomic E-state index is 0.0231. The average Bonchev–Trinajstić information content (AvgIpc) is 2.73. The van der Waals surface area contributed by atoms with Crippen LogP contribution in [-0.4, -0.2) is 37.6 Å². The first-order valence-corrected chi connectivity index (χ1v) is 10.3. The van der Waals surface area contributed by atoms with Crippen molar-refractivity contribution in [3.63, 3.8) is 0 Å². The lowest BCUT2D eigenvalue weighted by Crippen LogP contribution is -2.47. The number of benzene rings is 2. The molecule has 1 N–H and O–H groups in total. The molecule has 2 aromatic rings. The molecule has 3 rings (SSSR count). The number of hydrogen-bond acceptors (Lipinski definition) is 4. The Kier molecular flexibility index (Phi) is 6.80. The largest absolute Gasteiger partial charge is 0.493 e. The van der Waals surface area contributed by atoms with Crippen molar-refractivity contribution in [3.8, 4) is 11.5 Å². The summed E-state index contributed by atoms with van der Waals surface area (Å²) < 4.78 is 11.1. The van der Waals surface area contributed by atoms with Gasteiger partial charge in [0.2, 0.25) is 5.91 Å². The van der Waals surface area contributed by atoms with E-state index >= 15 is 0 Å². The van der Waals surface area contributed by atoms with Crippen molar-refractivity contribution in [1.29, 1.82) is 0 Å². The SMILES string of the molecule is CCC(=O)N[C@@H](C)[C@@H]1c2cc(OC)c(OC)cc2CCN1Cc1ccc(C)cc1. The van der Waals surface area contributed by atoms with Crippen molar-refractivity contribution in [2.45, 2.75) is 52.2 Å². The van der Waals surface area contributed by atoms with E-state index < -0.39 is 0 Å². The Morgan fingerprint density at radius 3 is 2.45 bits per heavy atom. The van der Waals surface area contributed by atoms with Gasteiger partial charge in [0.15, 0.2) is 11.5 Å². The molecule has 0 saturated heterocycles. The maximum atomic E-state index is 12.1. The number of nitrogens with one attached hydrogen (secondary N) is 1. The molecule has 5 heteroatoms. The van der Waals surface area contributed by atoms with Crippen LogP contribution in [0.2, 0.25) is 0 Å². The number of nitrogens with zero attached hydrogens (tertiary/aromatic N) is 1. The van der Waals surface area contributed by atoms with Gasteiger partial charge in [-0.25, -0.2) is 0 Å². The third-order valence-corrected chi connectivity index (χ3v) is 5.72. The molecule has 0 bridgehead atoms. The first kappa shape index (κ1) is 21.2. The lowest BCUT2D eigenvalue weighted by molar-refractivity contribution is -0.121. The molecule has 1 heterocycles. The molecular weight excluding hydrogens is 364 g/mol. The molecule has 1 aliphatic heterocycles. The van der Waals surface area contributed by atoms with Crippen molar-refractivity contribution in [3.05, 3.63) is 58.7 Å². The molecule has 0 aliphatic carbocycles. The fourth-order valence-corrected chi connectivity index (χ4v) is 4.15. The smallest absolute Gasteiger partial charge is 0.219 e. The number of carbonyl (C=O) groups is 1. The number of methoxy groups -OCH3 is 2. The highest BCUT2D eigenvalue weighted by Gasteiger charge is 2.33. The van der Waals surface area contributed by atoms with Crippen LogP contribution in [0.1, 0.15) is 48.6 Å². The second-order valence-electron chi connectivity index (χ2n) is 7.77. The minimum Gasteiger partial charge on any atom is -0.493 e. The van der Waals surface area contributed by atoms with Crippen LogP contribution in [0.15, 0.2) is 36.4 Å². The van der Waals surface area contributed by atoms with E-state index in [2.05, 4.69) is 60.5 Å². The van der Waals surface area contributed by atoms with Crippen molar-refractivity contribution in [1.82, 2.24) is 10.2 Å². The Labute approximate surface area is 174 Å². The zero-order valence-electron chi connectivity index (χ0n) is 18.1. The number of hydrogen-bond donors (Lipinski definition) is 1. The first-order chi connectivity index (χ1) is 14.0. The standard InChI is InChI=1S/C24H32N2O3/c1-6-23(27)25-17(3)24-20-14-22(29-5)21(28-4)13-19(20)11-12-26(24)15-18-9-7-16(2)8-10-18/h7-10,13-14,17,24H,6,11-12,15H2,1-5H3,(H,25,27)/t17-,24+/m0/s1. The van der Waals surface area contributed by atoms with E-state index in [-0.39, 0.29) is 18.0 Å². The molecule has 2 aromatic carbocycles. The van der Waals surface area contributed by atoms with Gasteiger partial charge in [0.1, 0.15) is 0 Å². The summed E-state index contributed by atoms with van der Waals surface area (Å²) in [6.07, 6.45) is 1.42. The van der Waals surface area contributed by atoms with Crippen molar-refractivity contribution >= 4 is 5.91 Å². The van der Waals surface area contributed by atoms with E-state index in [4.69, 9.17) is 9.47 Å². The lowest BCUT2D eigenvalue weighted by Gasteiger charge is -2.41. The molecule has 2 atom stereocenters. The molecule has 1 aliphatic rings. The lowest BCUT2D eigenvalue weighted by atomic mass is 9.87. The summed E-state index contributed by atoms with van der Waals surface area (Å²) in [6.45, 7) is 7.84. The number of rotatable bonds is 7. The highest BCUT2D eigenvalue weighted by Crippen LogP contribution is 2.40.